The van der Waals surface area contributed by atoms with Crippen molar-refractivity contribution in [3.63, 3.8) is 0 Å². The Morgan fingerprint density at radius 1 is 1.17 bits per heavy atom. The lowest BCUT2D eigenvalue weighted by Gasteiger charge is -2.17. The topological polar surface area (TPSA) is 75.7 Å². The van der Waals surface area contributed by atoms with Crippen molar-refractivity contribution in [2.75, 3.05) is 6.61 Å². The van der Waals surface area contributed by atoms with Gasteiger partial charge in [0.2, 0.25) is 0 Å². The molecule has 1 N–H and O–H groups in total. The van der Waals surface area contributed by atoms with Crippen LogP contribution in [0, 0.1) is 11.8 Å². The second-order valence-corrected chi connectivity index (χ2v) is 5.54. The van der Waals surface area contributed by atoms with Gasteiger partial charge in [0.05, 0.1) is 24.0 Å². The molecule has 1 heterocycles. The van der Waals surface area contributed by atoms with E-state index in [-0.39, 0.29) is 23.7 Å². The van der Waals surface area contributed by atoms with Crippen LogP contribution in [0.4, 0.5) is 0 Å². The summed E-state index contributed by atoms with van der Waals surface area (Å²) in [6.45, 7) is 2.24. The first kappa shape index (κ1) is 15.3. The minimum atomic E-state index is -0.526. The zero-order valence-corrected chi connectivity index (χ0v) is 12.8. The van der Waals surface area contributed by atoms with E-state index in [4.69, 9.17) is 4.74 Å². The number of nitrogens with one attached hydrogen (secondary N) is 1. The predicted molar refractivity (Wildman–Crippen MR) is 82.3 cm³/mol. The summed E-state index contributed by atoms with van der Waals surface area (Å²) < 4.78 is 5.41. The Morgan fingerprint density at radius 3 is 2.39 bits per heavy atom. The summed E-state index contributed by atoms with van der Waals surface area (Å²) >= 11 is 0. The van der Waals surface area contributed by atoms with Gasteiger partial charge in [0.25, 0.3) is 17.7 Å². The number of hydrogen-bond acceptors (Lipinski definition) is 4. The zero-order valence-electron chi connectivity index (χ0n) is 12.8. The van der Waals surface area contributed by atoms with E-state index in [0.717, 1.165) is 5.01 Å². The van der Waals surface area contributed by atoms with E-state index >= 15 is 0 Å². The molecule has 0 saturated carbocycles. The molecule has 1 aliphatic heterocycles. The van der Waals surface area contributed by atoms with Crippen LogP contribution in [0.1, 0.15) is 30.1 Å². The molecule has 0 bridgehead atoms. The van der Waals surface area contributed by atoms with E-state index in [1.807, 2.05) is 19.1 Å². The lowest BCUT2D eigenvalue weighted by molar-refractivity contribution is -0.142. The molecule has 1 aromatic carbocycles. The highest BCUT2D eigenvalue weighted by Crippen LogP contribution is 2.34. The van der Waals surface area contributed by atoms with Crippen LogP contribution < -0.4 is 10.2 Å². The van der Waals surface area contributed by atoms with E-state index in [1.165, 1.54) is 0 Å². The number of nitrogens with zero attached hydrogens (tertiary/aromatic N) is 1. The Hall–Kier alpha value is -2.63. The smallest absolute Gasteiger partial charge is 0.274 e. The molecule has 3 rings (SSSR count). The van der Waals surface area contributed by atoms with Crippen LogP contribution >= 0.6 is 0 Å². The third-order valence-corrected chi connectivity index (χ3v) is 4.15. The molecule has 3 amide bonds. The quantitative estimate of drug-likeness (QED) is 0.678. The van der Waals surface area contributed by atoms with Crippen molar-refractivity contribution in [3.8, 4) is 5.75 Å². The molecule has 2 aliphatic rings. The summed E-state index contributed by atoms with van der Waals surface area (Å²) in [6.07, 6.45) is 4.89. The normalized spacial score (nSPS) is 22.9. The zero-order chi connectivity index (χ0) is 16.4. The van der Waals surface area contributed by atoms with E-state index in [9.17, 15) is 14.4 Å². The van der Waals surface area contributed by atoms with Gasteiger partial charge in [-0.2, -0.15) is 5.01 Å². The number of carbonyl (C=O) groups excluding carboxylic acids is 3. The van der Waals surface area contributed by atoms with Gasteiger partial charge in [-0.25, -0.2) is 0 Å². The first-order valence-electron chi connectivity index (χ1n) is 7.69. The van der Waals surface area contributed by atoms with Gasteiger partial charge in [-0.1, -0.05) is 24.3 Å². The monoisotopic (exact) mass is 314 g/mol. The van der Waals surface area contributed by atoms with Gasteiger partial charge in [-0.15, -0.1) is 0 Å². The minimum Gasteiger partial charge on any atom is -0.493 e. The second kappa shape index (κ2) is 6.24. The molecule has 6 nitrogen and oxygen atoms in total. The summed E-state index contributed by atoms with van der Waals surface area (Å²) in [4.78, 5) is 37.1. The van der Waals surface area contributed by atoms with Gasteiger partial charge in [0.15, 0.2) is 0 Å². The maximum Gasteiger partial charge on any atom is 0.274 e. The first-order valence-corrected chi connectivity index (χ1v) is 7.69. The van der Waals surface area contributed by atoms with Gasteiger partial charge in [0.1, 0.15) is 5.75 Å². The molecular weight excluding hydrogens is 296 g/mol. The standard InChI is InChI=1S/C17H18N2O4/c1-2-23-14-10-6-5-9-13(14)15(20)18-19-16(21)11-7-3-4-8-12(11)17(19)22/h3-6,9-12H,2,7-8H2,1H3,(H,18,20). The van der Waals surface area contributed by atoms with Gasteiger partial charge in [0, 0.05) is 0 Å². The van der Waals surface area contributed by atoms with Crippen LogP contribution in [0.5, 0.6) is 5.75 Å². The van der Waals surface area contributed by atoms with E-state index in [0.29, 0.717) is 30.8 Å². The fraction of sp³-hybridized carbons (Fsp3) is 0.353. The number of allylic oxidation sites excluding steroid dienone is 2. The molecule has 2 unspecified atom stereocenters. The Labute approximate surface area is 134 Å². The fourth-order valence-corrected chi connectivity index (χ4v) is 3.01. The largest absolute Gasteiger partial charge is 0.493 e. The molecule has 0 aromatic heterocycles. The van der Waals surface area contributed by atoms with Crippen LogP contribution in [-0.2, 0) is 9.59 Å². The molecule has 1 aliphatic carbocycles. The predicted octanol–water partition coefficient (Wildman–Crippen LogP) is 1.68. The summed E-state index contributed by atoms with van der Waals surface area (Å²) in [5.74, 6) is -1.52. The van der Waals surface area contributed by atoms with Crippen molar-refractivity contribution in [1.82, 2.24) is 10.4 Å². The van der Waals surface area contributed by atoms with Crippen LogP contribution in [0.15, 0.2) is 36.4 Å². The molecule has 1 fully saturated rings. The Bertz CT molecular complexity index is 657. The highest BCUT2D eigenvalue weighted by molar-refractivity contribution is 6.08. The summed E-state index contributed by atoms with van der Waals surface area (Å²) in [5, 5.41) is 0.868. The van der Waals surface area contributed by atoms with Crippen molar-refractivity contribution >= 4 is 17.7 Å². The lowest BCUT2D eigenvalue weighted by Crippen LogP contribution is -2.46. The molecule has 23 heavy (non-hydrogen) atoms. The summed E-state index contributed by atoms with van der Waals surface area (Å²) in [6, 6.07) is 6.73. The molecule has 6 heteroatoms. The number of rotatable bonds is 4. The van der Waals surface area contributed by atoms with Crippen molar-refractivity contribution in [2.24, 2.45) is 11.8 Å². The third kappa shape index (κ3) is 2.72. The van der Waals surface area contributed by atoms with Gasteiger partial charge >= 0.3 is 0 Å². The summed E-state index contributed by atoms with van der Waals surface area (Å²) in [7, 11) is 0. The molecule has 1 aromatic rings. The number of hydrogen-bond donors (Lipinski definition) is 1. The van der Waals surface area contributed by atoms with Crippen LogP contribution in [0.2, 0.25) is 0 Å². The average molecular weight is 314 g/mol. The van der Waals surface area contributed by atoms with Crippen molar-refractivity contribution in [2.45, 2.75) is 19.8 Å². The minimum absolute atomic E-state index is 0.294. The van der Waals surface area contributed by atoms with Crippen molar-refractivity contribution in [1.29, 1.82) is 0 Å². The maximum atomic E-state index is 12.4. The first-order chi connectivity index (χ1) is 11.1. The fourth-order valence-electron chi connectivity index (χ4n) is 3.01. The van der Waals surface area contributed by atoms with Gasteiger partial charge < -0.3 is 4.74 Å². The second-order valence-electron chi connectivity index (χ2n) is 5.54. The highest BCUT2D eigenvalue weighted by atomic mass is 16.5. The number of fused-ring (bicyclic) bond motifs is 1. The maximum absolute atomic E-state index is 12.4. The molecule has 1 saturated heterocycles. The van der Waals surface area contributed by atoms with E-state index in [2.05, 4.69) is 5.43 Å². The van der Waals surface area contributed by atoms with Gasteiger partial charge in [-0.3, -0.25) is 19.8 Å². The van der Waals surface area contributed by atoms with Crippen molar-refractivity contribution < 1.29 is 19.1 Å². The summed E-state index contributed by atoms with van der Waals surface area (Å²) in [5.41, 5.74) is 2.73. The molecule has 0 spiro atoms. The number of benzene rings is 1. The molecule has 120 valence electrons. The van der Waals surface area contributed by atoms with E-state index < -0.39 is 5.91 Å². The molecule has 2 atom stereocenters. The number of ether oxygens (including phenoxy) is 1. The molecule has 0 radical (unpaired) electrons. The third-order valence-electron chi connectivity index (χ3n) is 4.15. The highest BCUT2D eigenvalue weighted by Gasteiger charge is 2.48. The van der Waals surface area contributed by atoms with E-state index in [1.54, 1.807) is 24.3 Å². The Morgan fingerprint density at radius 2 is 1.78 bits per heavy atom. The average Bonchev–Trinajstić information content (AvgIpc) is 2.81. The Balaban J connectivity index is 1.78. The Kier molecular flexibility index (Phi) is 4.14. The lowest BCUT2D eigenvalue weighted by atomic mass is 9.85. The van der Waals surface area contributed by atoms with Crippen LogP contribution in [0.3, 0.4) is 0 Å². The number of hydrazine groups is 1. The van der Waals surface area contributed by atoms with Gasteiger partial charge in [-0.05, 0) is 31.9 Å². The number of imide groups is 1. The van der Waals surface area contributed by atoms with Crippen LogP contribution in [0.25, 0.3) is 0 Å². The number of para-hydroxylation sites is 1. The number of amides is 3. The molecular formula is C17H18N2O4. The van der Waals surface area contributed by atoms with Crippen molar-refractivity contribution in [3.05, 3.63) is 42.0 Å². The number of carbonyl (C=O) groups is 3. The van der Waals surface area contributed by atoms with Crippen LogP contribution in [-0.4, -0.2) is 29.3 Å². The SMILES string of the molecule is CCOc1ccccc1C(=O)NN1C(=O)C2CC=CCC2C1=O.